The van der Waals surface area contributed by atoms with Gasteiger partial charge in [-0.05, 0) is 18.2 Å². The minimum Gasteiger partial charge on any atom is -0.469 e. The number of Topliss-reactive ketones (excluding diaryl/α,β-unsaturated/α-hetero) is 1. The Hall–Kier alpha value is -1.94. The highest BCUT2D eigenvalue weighted by molar-refractivity contribution is 6.31. The van der Waals surface area contributed by atoms with Crippen molar-refractivity contribution >= 4 is 34.3 Å². The summed E-state index contributed by atoms with van der Waals surface area (Å²) in [6.07, 6.45) is -0.310. The molecule has 4 nitrogen and oxygen atoms in total. The fraction of sp³-hybridized carbons (Fsp3) is 0.154. The molecule has 92 valence electrons. The van der Waals surface area contributed by atoms with E-state index in [1.807, 2.05) is 6.07 Å². The first-order chi connectivity index (χ1) is 8.60. The van der Waals surface area contributed by atoms with E-state index in [9.17, 15) is 9.59 Å². The molecule has 0 spiro atoms. The first-order valence-electron chi connectivity index (χ1n) is 5.26. The minimum absolute atomic E-state index is 0.232. The van der Waals surface area contributed by atoms with Crippen LogP contribution in [0.25, 0.3) is 10.9 Å². The molecule has 0 radical (unpaired) electrons. The molecule has 18 heavy (non-hydrogen) atoms. The smallest absolute Gasteiger partial charge is 0.313 e. The van der Waals surface area contributed by atoms with Gasteiger partial charge in [-0.25, -0.2) is 4.98 Å². The van der Waals surface area contributed by atoms with Gasteiger partial charge in [-0.3, -0.25) is 9.59 Å². The summed E-state index contributed by atoms with van der Waals surface area (Å²) in [6.45, 7) is 0. The molecule has 0 atom stereocenters. The normalized spacial score (nSPS) is 10.3. The summed E-state index contributed by atoms with van der Waals surface area (Å²) in [5.74, 6) is -0.947. The Morgan fingerprint density at radius 2 is 2.00 bits per heavy atom. The number of halogens is 1. The molecule has 5 heteroatoms. The van der Waals surface area contributed by atoms with E-state index in [0.29, 0.717) is 10.5 Å². The maximum Gasteiger partial charge on any atom is 0.313 e. The van der Waals surface area contributed by atoms with E-state index in [0.717, 1.165) is 5.39 Å². The number of ketones is 1. The van der Waals surface area contributed by atoms with Gasteiger partial charge in [0.25, 0.3) is 0 Å². The maximum absolute atomic E-state index is 11.7. The first kappa shape index (κ1) is 12.5. The Balaban J connectivity index is 2.34. The van der Waals surface area contributed by atoms with Crippen LogP contribution in [0, 0.1) is 0 Å². The summed E-state index contributed by atoms with van der Waals surface area (Å²) >= 11 is 5.86. The van der Waals surface area contributed by atoms with Crippen LogP contribution in [-0.4, -0.2) is 23.8 Å². The zero-order valence-corrected chi connectivity index (χ0v) is 10.4. The molecule has 0 aliphatic heterocycles. The number of fused-ring (bicyclic) bond motifs is 1. The average Bonchev–Trinajstić information content (AvgIpc) is 2.37. The number of methoxy groups -OCH3 is 1. The van der Waals surface area contributed by atoms with Crippen LogP contribution in [0.1, 0.15) is 16.9 Å². The van der Waals surface area contributed by atoms with Gasteiger partial charge < -0.3 is 4.74 Å². The van der Waals surface area contributed by atoms with Crippen LogP contribution in [0.3, 0.4) is 0 Å². The third-order valence-electron chi connectivity index (χ3n) is 2.47. The second-order valence-corrected chi connectivity index (χ2v) is 4.15. The van der Waals surface area contributed by atoms with Crippen molar-refractivity contribution < 1.29 is 14.3 Å². The third-order valence-corrected chi connectivity index (χ3v) is 2.71. The molecular weight excluding hydrogens is 254 g/mol. The van der Waals surface area contributed by atoms with Crippen LogP contribution in [0.15, 0.2) is 30.3 Å². The number of aromatic nitrogens is 1. The Kier molecular flexibility index (Phi) is 3.58. The Morgan fingerprint density at radius 3 is 2.72 bits per heavy atom. The van der Waals surface area contributed by atoms with Gasteiger partial charge in [0.15, 0.2) is 5.78 Å². The van der Waals surface area contributed by atoms with Gasteiger partial charge in [0, 0.05) is 10.4 Å². The molecule has 2 aromatic rings. The van der Waals surface area contributed by atoms with Crippen LogP contribution >= 0.6 is 11.6 Å². The number of carbonyl (C=O) groups is 2. The number of esters is 1. The molecule has 0 bridgehead atoms. The molecule has 1 heterocycles. The molecule has 0 amide bonds. The van der Waals surface area contributed by atoms with Crippen LogP contribution in [0.5, 0.6) is 0 Å². The highest BCUT2D eigenvalue weighted by Crippen LogP contribution is 2.18. The second-order valence-electron chi connectivity index (χ2n) is 3.71. The average molecular weight is 264 g/mol. The third kappa shape index (κ3) is 2.65. The van der Waals surface area contributed by atoms with Crippen molar-refractivity contribution in [3.63, 3.8) is 0 Å². The summed E-state index contributed by atoms with van der Waals surface area (Å²) in [7, 11) is 1.24. The van der Waals surface area contributed by atoms with Gasteiger partial charge in [0.1, 0.15) is 12.1 Å². The zero-order valence-electron chi connectivity index (χ0n) is 9.64. The SMILES string of the molecule is COC(=O)CC(=O)c1ccc2ccc(Cl)cc2n1. The lowest BCUT2D eigenvalue weighted by molar-refractivity contribution is -0.139. The largest absolute Gasteiger partial charge is 0.469 e. The number of rotatable bonds is 3. The molecule has 2 rings (SSSR count). The Bertz CT molecular complexity index is 625. The van der Waals surface area contributed by atoms with E-state index in [1.165, 1.54) is 7.11 Å². The molecule has 0 N–H and O–H groups in total. The molecule has 0 unspecified atom stereocenters. The highest BCUT2D eigenvalue weighted by Gasteiger charge is 2.13. The van der Waals surface area contributed by atoms with Gasteiger partial charge in [-0.15, -0.1) is 0 Å². The van der Waals surface area contributed by atoms with E-state index >= 15 is 0 Å². The van der Waals surface area contributed by atoms with Crippen LogP contribution in [0.4, 0.5) is 0 Å². The van der Waals surface area contributed by atoms with Crippen molar-refractivity contribution in [3.8, 4) is 0 Å². The van der Waals surface area contributed by atoms with Crippen molar-refractivity contribution in [3.05, 3.63) is 41.0 Å². The van der Waals surface area contributed by atoms with E-state index in [4.69, 9.17) is 11.6 Å². The minimum atomic E-state index is -0.576. The summed E-state index contributed by atoms with van der Waals surface area (Å²) in [5.41, 5.74) is 0.855. The van der Waals surface area contributed by atoms with Crippen molar-refractivity contribution in [1.29, 1.82) is 0 Å². The number of pyridine rings is 1. The van der Waals surface area contributed by atoms with E-state index in [-0.39, 0.29) is 17.9 Å². The van der Waals surface area contributed by atoms with Crippen molar-refractivity contribution in [1.82, 2.24) is 4.98 Å². The van der Waals surface area contributed by atoms with Gasteiger partial charge >= 0.3 is 5.97 Å². The molecule has 0 aliphatic carbocycles. The number of carbonyl (C=O) groups excluding carboxylic acids is 2. The number of hydrogen-bond donors (Lipinski definition) is 0. The molecule has 0 aliphatic rings. The Labute approximate surface area is 109 Å². The van der Waals surface area contributed by atoms with Gasteiger partial charge in [-0.1, -0.05) is 23.7 Å². The standard InChI is InChI=1S/C13H10ClNO3/c1-18-13(17)7-12(16)10-5-3-8-2-4-9(14)6-11(8)15-10/h2-6H,7H2,1H3. The van der Waals surface area contributed by atoms with Gasteiger partial charge in [-0.2, -0.15) is 0 Å². The molecule has 0 saturated carbocycles. The lowest BCUT2D eigenvalue weighted by Gasteiger charge is -2.02. The van der Waals surface area contributed by atoms with Gasteiger partial charge in [0.2, 0.25) is 0 Å². The molecular formula is C13H10ClNO3. The lowest BCUT2D eigenvalue weighted by atomic mass is 10.1. The predicted molar refractivity (Wildman–Crippen MR) is 67.7 cm³/mol. The summed E-state index contributed by atoms with van der Waals surface area (Å²) < 4.78 is 4.44. The number of hydrogen-bond acceptors (Lipinski definition) is 4. The monoisotopic (exact) mass is 263 g/mol. The summed E-state index contributed by atoms with van der Waals surface area (Å²) in [6, 6.07) is 8.59. The topological polar surface area (TPSA) is 56.3 Å². The second kappa shape index (κ2) is 5.14. The summed E-state index contributed by atoms with van der Waals surface area (Å²) in [5, 5.41) is 1.43. The first-order valence-corrected chi connectivity index (χ1v) is 5.64. The number of benzene rings is 1. The zero-order chi connectivity index (χ0) is 13.1. The molecule has 1 aromatic carbocycles. The van der Waals surface area contributed by atoms with Crippen LogP contribution in [-0.2, 0) is 9.53 Å². The highest BCUT2D eigenvalue weighted by atomic mass is 35.5. The molecule has 1 aromatic heterocycles. The lowest BCUT2D eigenvalue weighted by Crippen LogP contribution is -2.10. The van der Waals surface area contributed by atoms with E-state index in [2.05, 4.69) is 9.72 Å². The fourth-order valence-corrected chi connectivity index (χ4v) is 1.71. The molecule has 0 saturated heterocycles. The predicted octanol–water partition coefficient (Wildman–Crippen LogP) is 2.63. The van der Waals surface area contributed by atoms with Crippen molar-refractivity contribution in [2.24, 2.45) is 0 Å². The summed E-state index contributed by atoms with van der Waals surface area (Å²) in [4.78, 5) is 26.9. The maximum atomic E-state index is 11.7. The van der Waals surface area contributed by atoms with Gasteiger partial charge in [0.05, 0.1) is 12.6 Å². The van der Waals surface area contributed by atoms with Crippen molar-refractivity contribution in [2.45, 2.75) is 6.42 Å². The number of ether oxygens (including phenoxy) is 1. The molecule has 0 fully saturated rings. The van der Waals surface area contributed by atoms with Crippen molar-refractivity contribution in [2.75, 3.05) is 7.11 Å². The fourth-order valence-electron chi connectivity index (χ4n) is 1.54. The van der Waals surface area contributed by atoms with Crippen LogP contribution in [0.2, 0.25) is 5.02 Å². The Morgan fingerprint density at radius 1 is 1.28 bits per heavy atom. The van der Waals surface area contributed by atoms with E-state index in [1.54, 1.807) is 24.3 Å². The van der Waals surface area contributed by atoms with Crippen LogP contribution < -0.4 is 0 Å². The quantitative estimate of drug-likeness (QED) is 0.485. The number of nitrogens with zero attached hydrogens (tertiary/aromatic N) is 1. The van der Waals surface area contributed by atoms with E-state index < -0.39 is 5.97 Å².